The van der Waals surface area contributed by atoms with Gasteiger partial charge in [0.25, 0.3) is 0 Å². The first-order valence-electron chi connectivity index (χ1n) is 6.71. The van der Waals surface area contributed by atoms with Gasteiger partial charge in [0.15, 0.2) is 0 Å². The van der Waals surface area contributed by atoms with Crippen molar-refractivity contribution in [2.45, 2.75) is 27.2 Å². The van der Waals surface area contributed by atoms with E-state index in [1.165, 1.54) is 6.42 Å². The highest BCUT2D eigenvalue weighted by Gasteiger charge is 2.12. The molecular formula is C15H21N3. The van der Waals surface area contributed by atoms with Crippen molar-refractivity contribution in [1.82, 2.24) is 9.97 Å². The number of benzene rings is 1. The maximum absolute atomic E-state index is 4.48. The summed E-state index contributed by atoms with van der Waals surface area (Å²) in [6.45, 7) is 8.72. The Hall–Kier alpha value is -1.64. The molecule has 0 fully saturated rings. The lowest BCUT2D eigenvalue weighted by Gasteiger charge is -2.25. The molecule has 3 heteroatoms. The Balaban J connectivity index is 2.38. The SMILES string of the molecule is CCC(C)CN(CC)c1ncnc2ccccc12. The van der Waals surface area contributed by atoms with E-state index in [1.807, 2.05) is 18.2 Å². The highest BCUT2D eigenvalue weighted by molar-refractivity contribution is 5.89. The van der Waals surface area contributed by atoms with E-state index in [-0.39, 0.29) is 0 Å². The predicted octanol–water partition coefficient (Wildman–Crippen LogP) is 3.50. The fourth-order valence-electron chi connectivity index (χ4n) is 2.11. The molecule has 0 saturated heterocycles. The minimum absolute atomic E-state index is 0.679. The van der Waals surface area contributed by atoms with Gasteiger partial charge >= 0.3 is 0 Å². The van der Waals surface area contributed by atoms with Gasteiger partial charge < -0.3 is 4.90 Å². The Kier molecular flexibility index (Phi) is 4.13. The van der Waals surface area contributed by atoms with Crippen LogP contribution in [0.15, 0.2) is 30.6 Å². The van der Waals surface area contributed by atoms with Crippen LogP contribution in [0, 0.1) is 5.92 Å². The molecule has 1 aromatic carbocycles. The molecule has 0 spiro atoms. The summed E-state index contributed by atoms with van der Waals surface area (Å²) < 4.78 is 0. The van der Waals surface area contributed by atoms with Gasteiger partial charge in [-0.15, -0.1) is 0 Å². The third-order valence-corrected chi connectivity index (χ3v) is 3.43. The standard InChI is InChI=1S/C15H21N3/c1-4-12(3)10-18(5-2)15-13-8-6-7-9-14(13)16-11-17-15/h6-9,11-12H,4-5,10H2,1-3H3. The number of para-hydroxylation sites is 1. The number of hydrogen-bond acceptors (Lipinski definition) is 3. The minimum Gasteiger partial charge on any atom is -0.356 e. The van der Waals surface area contributed by atoms with Crippen LogP contribution < -0.4 is 4.90 Å². The normalized spacial score (nSPS) is 12.6. The average molecular weight is 243 g/mol. The Labute approximate surface area is 109 Å². The lowest BCUT2D eigenvalue weighted by Crippen LogP contribution is -2.29. The molecular weight excluding hydrogens is 222 g/mol. The van der Waals surface area contributed by atoms with Gasteiger partial charge in [0.1, 0.15) is 12.1 Å². The molecule has 2 aromatic rings. The number of aromatic nitrogens is 2. The maximum Gasteiger partial charge on any atom is 0.139 e. The van der Waals surface area contributed by atoms with Gasteiger partial charge in [0.05, 0.1) is 5.52 Å². The smallest absolute Gasteiger partial charge is 0.139 e. The number of nitrogens with zero attached hydrogens (tertiary/aromatic N) is 3. The second kappa shape index (κ2) is 5.80. The number of fused-ring (bicyclic) bond motifs is 1. The molecule has 0 aliphatic rings. The fraction of sp³-hybridized carbons (Fsp3) is 0.467. The van der Waals surface area contributed by atoms with Crippen LogP contribution in [0.3, 0.4) is 0 Å². The van der Waals surface area contributed by atoms with E-state index in [0.29, 0.717) is 5.92 Å². The third-order valence-electron chi connectivity index (χ3n) is 3.43. The molecule has 18 heavy (non-hydrogen) atoms. The minimum atomic E-state index is 0.679. The lowest BCUT2D eigenvalue weighted by atomic mass is 10.1. The van der Waals surface area contributed by atoms with E-state index < -0.39 is 0 Å². The zero-order valence-electron chi connectivity index (χ0n) is 11.4. The van der Waals surface area contributed by atoms with Gasteiger partial charge in [-0.3, -0.25) is 0 Å². The molecule has 0 radical (unpaired) electrons. The highest BCUT2D eigenvalue weighted by atomic mass is 15.2. The van der Waals surface area contributed by atoms with E-state index >= 15 is 0 Å². The molecule has 2 rings (SSSR count). The van der Waals surface area contributed by atoms with Crippen LogP contribution in [0.25, 0.3) is 10.9 Å². The maximum atomic E-state index is 4.48. The first kappa shape index (κ1) is 12.8. The second-order valence-electron chi connectivity index (χ2n) is 4.77. The topological polar surface area (TPSA) is 29.0 Å². The quantitative estimate of drug-likeness (QED) is 0.804. The van der Waals surface area contributed by atoms with Crippen LogP contribution >= 0.6 is 0 Å². The van der Waals surface area contributed by atoms with Crippen LogP contribution in [-0.4, -0.2) is 23.1 Å². The lowest BCUT2D eigenvalue weighted by molar-refractivity contribution is 0.546. The Morgan fingerprint density at radius 1 is 1.17 bits per heavy atom. The summed E-state index contributed by atoms with van der Waals surface area (Å²) in [6.07, 6.45) is 2.86. The zero-order chi connectivity index (χ0) is 13.0. The number of anilines is 1. The Morgan fingerprint density at radius 3 is 2.67 bits per heavy atom. The Morgan fingerprint density at radius 2 is 1.94 bits per heavy atom. The first-order valence-corrected chi connectivity index (χ1v) is 6.71. The van der Waals surface area contributed by atoms with Crippen LogP contribution in [0.4, 0.5) is 5.82 Å². The van der Waals surface area contributed by atoms with Crippen LogP contribution in [-0.2, 0) is 0 Å². The molecule has 1 aromatic heterocycles. The fourth-order valence-corrected chi connectivity index (χ4v) is 2.11. The molecule has 0 aliphatic carbocycles. The summed E-state index contributed by atoms with van der Waals surface area (Å²) in [5.41, 5.74) is 1.02. The monoisotopic (exact) mass is 243 g/mol. The highest BCUT2D eigenvalue weighted by Crippen LogP contribution is 2.23. The van der Waals surface area contributed by atoms with E-state index in [2.05, 4.69) is 41.7 Å². The Bertz CT molecular complexity index is 505. The average Bonchev–Trinajstić information content (AvgIpc) is 2.44. The zero-order valence-corrected chi connectivity index (χ0v) is 11.4. The van der Waals surface area contributed by atoms with Crippen LogP contribution in [0.2, 0.25) is 0 Å². The molecule has 1 heterocycles. The van der Waals surface area contributed by atoms with Gasteiger partial charge in [-0.2, -0.15) is 0 Å². The molecule has 96 valence electrons. The molecule has 1 unspecified atom stereocenters. The molecule has 0 bridgehead atoms. The van der Waals surface area contributed by atoms with Gasteiger partial charge in [-0.25, -0.2) is 9.97 Å². The van der Waals surface area contributed by atoms with Crippen molar-refractivity contribution in [2.24, 2.45) is 5.92 Å². The van der Waals surface area contributed by atoms with Crippen molar-refractivity contribution >= 4 is 16.7 Å². The van der Waals surface area contributed by atoms with Crippen molar-refractivity contribution in [3.8, 4) is 0 Å². The molecule has 0 amide bonds. The van der Waals surface area contributed by atoms with E-state index in [1.54, 1.807) is 6.33 Å². The van der Waals surface area contributed by atoms with E-state index in [9.17, 15) is 0 Å². The van der Waals surface area contributed by atoms with Crippen molar-refractivity contribution in [3.63, 3.8) is 0 Å². The number of hydrogen-bond donors (Lipinski definition) is 0. The van der Waals surface area contributed by atoms with Crippen molar-refractivity contribution in [1.29, 1.82) is 0 Å². The predicted molar refractivity (Wildman–Crippen MR) is 76.9 cm³/mol. The number of rotatable bonds is 5. The van der Waals surface area contributed by atoms with Crippen molar-refractivity contribution in [2.75, 3.05) is 18.0 Å². The van der Waals surface area contributed by atoms with Gasteiger partial charge in [0, 0.05) is 18.5 Å². The molecule has 0 saturated carbocycles. The summed E-state index contributed by atoms with van der Waals surface area (Å²) in [5.74, 6) is 1.74. The van der Waals surface area contributed by atoms with E-state index in [0.717, 1.165) is 29.8 Å². The van der Waals surface area contributed by atoms with Crippen molar-refractivity contribution < 1.29 is 0 Å². The summed E-state index contributed by atoms with van der Waals surface area (Å²) in [4.78, 5) is 11.1. The summed E-state index contributed by atoms with van der Waals surface area (Å²) >= 11 is 0. The second-order valence-corrected chi connectivity index (χ2v) is 4.77. The van der Waals surface area contributed by atoms with Crippen molar-refractivity contribution in [3.05, 3.63) is 30.6 Å². The van der Waals surface area contributed by atoms with Gasteiger partial charge in [-0.05, 0) is 25.0 Å². The van der Waals surface area contributed by atoms with Crippen LogP contribution in [0.1, 0.15) is 27.2 Å². The first-order chi connectivity index (χ1) is 8.76. The van der Waals surface area contributed by atoms with Crippen LogP contribution in [0.5, 0.6) is 0 Å². The molecule has 0 aliphatic heterocycles. The molecule has 0 N–H and O–H groups in total. The summed E-state index contributed by atoms with van der Waals surface area (Å²) in [5, 5.41) is 1.14. The summed E-state index contributed by atoms with van der Waals surface area (Å²) in [7, 11) is 0. The molecule has 3 nitrogen and oxygen atoms in total. The summed E-state index contributed by atoms with van der Waals surface area (Å²) in [6, 6.07) is 8.21. The van der Waals surface area contributed by atoms with E-state index in [4.69, 9.17) is 0 Å². The van der Waals surface area contributed by atoms with Gasteiger partial charge in [-0.1, -0.05) is 32.4 Å². The van der Waals surface area contributed by atoms with Gasteiger partial charge in [0.2, 0.25) is 0 Å². The largest absolute Gasteiger partial charge is 0.356 e. The molecule has 1 atom stereocenters. The third kappa shape index (κ3) is 2.61.